The lowest BCUT2D eigenvalue weighted by Crippen LogP contribution is -2.56. The van der Waals surface area contributed by atoms with E-state index in [2.05, 4.69) is 29.4 Å². The summed E-state index contributed by atoms with van der Waals surface area (Å²) in [6.45, 7) is 10.5. The van der Waals surface area contributed by atoms with Crippen molar-refractivity contribution in [1.29, 1.82) is 0 Å². The summed E-state index contributed by atoms with van der Waals surface area (Å²) in [5, 5.41) is 6.42. The maximum absolute atomic E-state index is 12.1. The van der Waals surface area contributed by atoms with Gasteiger partial charge in [-0.2, -0.15) is 0 Å². The molecule has 2 N–H and O–H groups in total. The molecule has 0 radical (unpaired) electrons. The number of carbonyl (C=O) groups excluding carboxylic acids is 1. The minimum atomic E-state index is 0.00152. The van der Waals surface area contributed by atoms with Crippen LogP contribution >= 0.6 is 0 Å². The number of hydrogen-bond acceptors (Lipinski definition) is 4. The number of hydrogen-bond donors (Lipinski definition) is 2. The molecule has 0 aromatic rings. The SMILES string of the molecule is CC(C)(CNC(=O)[C@@H]1CCCNC1)N1CCOCC1. The van der Waals surface area contributed by atoms with Crippen LogP contribution in [-0.4, -0.2) is 62.3 Å². The second-order valence-corrected chi connectivity index (χ2v) is 6.17. The third kappa shape index (κ3) is 4.16. The summed E-state index contributed by atoms with van der Waals surface area (Å²) in [5.74, 6) is 0.350. The molecule has 2 aliphatic rings. The van der Waals surface area contributed by atoms with E-state index in [0.717, 1.165) is 52.2 Å². The van der Waals surface area contributed by atoms with Gasteiger partial charge < -0.3 is 15.4 Å². The van der Waals surface area contributed by atoms with Crippen molar-refractivity contribution in [3.63, 3.8) is 0 Å². The Hall–Kier alpha value is -0.650. The summed E-state index contributed by atoms with van der Waals surface area (Å²) in [6, 6.07) is 0. The summed E-state index contributed by atoms with van der Waals surface area (Å²) in [5.41, 5.74) is 0.00152. The molecule has 1 atom stereocenters. The van der Waals surface area contributed by atoms with Gasteiger partial charge in [-0.25, -0.2) is 0 Å². The molecular formula is C14H27N3O2. The summed E-state index contributed by atoms with van der Waals surface area (Å²) in [7, 11) is 0. The summed E-state index contributed by atoms with van der Waals surface area (Å²) < 4.78 is 5.38. The molecule has 2 rings (SSSR count). The van der Waals surface area contributed by atoms with Crippen LogP contribution < -0.4 is 10.6 Å². The van der Waals surface area contributed by atoms with Crippen LogP contribution in [0.3, 0.4) is 0 Å². The second kappa shape index (κ2) is 6.68. The van der Waals surface area contributed by atoms with Crippen LogP contribution in [-0.2, 0) is 9.53 Å². The van der Waals surface area contributed by atoms with E-state index >= 15 is 0 Å². The van der Waals surface area contributed by atoms with E-state index in [4.69, 9.17) is 4.74 Å². The number of nitrogens with one attached hydrogen (secondary N) is 2. The Morgan fingerprint density at radius 3 is 2.79 bits per heavy atom. The van der Waals surface area contributed by atoms with Crippen molar-refractivity contribution in [2.24, 2.45) is 5.92 Å². The average molecular weight is 269 g/mol. The minimum Gasteiger partial charge on any atom is -0.379 e. The van der Waals surface area contributed by atoms with Crippen molar-refractivity contribution in [2.75, 3.05) is 45.9 Å². The maximum Gasteiger partial charge on any atom is 0.224 e. The topological polar surface area (TPSA) is 53.6 Å². The Bertz CT molecular complexity index is 295. The van der Waals surface area contributed by atoms with Gasteiger partial charge >= 0.3 is 0 Å². The molecule has 0 unspecified atom stereocenters. The van der Waals surface area contributed by atoms with Crippen LogP contribution in [0.1, 0.15) is 26.7 Å². The summed E-state index contributed by atoms with van der Waals surface area (Å²) in [6.07, 6.45) is 2.11. The smallest absolute Gasteiger partial charge is 0.224 e. The molecule has 19 heavy (non-hydrogen) atoms. The average Bonchev–Trinajstić information content (AvgIpc) is 2.47. The van der Waals surface area contributed by atoms with Crippen LogP contribution in [0.25, 0.3) is 0 Å². The molecule has 5 heteroatoms. The first kappa shape index (κ1) is 14.8. The van der Waals surface area contributed by atoms with Crippen LogP contribution in [0.2, 0.25) is 0 Å². The zero-order valence-electron chi connectivity index (χ0n) is 12.2. The highest BCUT2D eigenvalue weighted by Crippen LogP contribution is 2.16. The third-order valence-corrected chi connectivity index (χ3v) is 4.23. The Balaban J connectivity index is 1.77. The number of carbonyl (C=O) groups is 1. The van der Waals surface area contributed by atoms with Crippen molar-refractivity contribution in [2.45, 2.75) is 32.2 Å². The lowest BCUT2D eigenvalue weighted by molar-refractivity contribution is -0.126. The number of piperidine rings is 1. The van der Waals surface area contributed by atoms with Gasteiger partial charge in [0.15, 0.2) is 0 Å². The van der Waals surface area contributed by atoms with Crippen molar-refractivity contribution in [3.8, 4) is 0 Å². The molecule has 5 nitrogen and oxygen atoms in total. The Kier molecular flexibility index (Phi) is 5.19. The first-order valence-electron chi connectivity index (χ1n) is 7.41. The Labute approximate surface area is 116 Å². The van der Waals surface area contributed by atoms with Gasteiger partial charge in [0.2, 0.25) is 5.91 Å². The molecule has 2 fully saturated rings. The largest absolute Gasteiger partial charge is 0.379 e. The summed E-state index contributed by atoms with van der Waals surface area (Å²) >= 11 is 0. The molecule has 0 aromatic carbocycles. The first-order chi connectivity index (χ1) is 9.09. The van der Waals surface area contributed by atoms with E-state index in [1.54, 1.807) is 0 Å². The van der Waals surface area contributed by atoms with Crippen LogP contribution in [0.15, 0.2) is 0 Å². The standard InChI is InChI=1S/C14H27N3O2/c1-14(2,17-6-8-19-9-7-17)11-16-13(18)12-4-3-5-15-10-12/h12,15H,3-11H2,1-2H3,(H,16,18)/t12-/m1/s1. The Morgan fingerprint density at radius 1 is 1.42 bits per heavy atom. The second-order valence-electron chi connectivity index (χ2n) is 6.17. The molecule has 110 valence electrons. The van der Waals surface area contributed by atoms with Crippen molar-refractivity contribution >= 4 is 5.91 Å². The molecule has 1 amide bonds. The Morgan fingerprint density at radius 2 is 2.16 bits per heavy atom. The van der Waals surface area contributed by atoms with E-state index in [-0.39, 0.29) is 17.4 Å². The quantitative estimate of drug-likeness (QED) is 0.766. The minimum absolute atomic E-state index is 0.00152. The number of rotatable bonds is 4. The van der Waals surface area contributed by atoms with Crippen LogP contribution in [0.4, 0.5) is 0 Å². The summed E-state index contributed by atoms with van der Waals surface area (Å²) in [4.78, 5) is 14.5. The van der Waals surface area contributed by atoms with E-state index in [1.807, 2.05) is 0 Å². The number of ether oxygens (including phenoxy) is 1. The zero-order chi connectivity index (χ0) is 13.7. The highest BCUT2D eigenvalue weighted by molar-refractivity contribution is 5.79. The molecular weight excluding hydrogens is 242 g/mol. The van der Waals surface area contributed by atoms with E-state index in [0.29, 0.717) is 6.54 Å². The number of amides is 1. The lowest BCUT2D eigenvalue weighted by atomic mass is 9.97. The zero-order valence-corrected chi connectivity index (χ0v) is 12.2. The molecule has 0 aliphatic carbocycles. The van der Waals surface area contributed by atoms with Gasteiger partial charge in [0, 0.05) is 31.7 Å². The fourth-order valence-corrected chi connectivity index (χ4v) is 2.80. The highest BCUT2D eigenvalue weighted by atomic mass is 16.5. The molecule has 0 bridgehead atoms. The number of nitrogens with zero attached hydrogens (tertiary/aromatic N) is 1. The fourth-order valence-electron chi connectivity index (χ4n) is 2.80. The lowest BCUT2D eigenvalue weighted by Gasteiger charge is -2.41. The van der Waals surface area contributed by atoms with Gasteiger partial charge in [0.05, 0.1) is 19.1 Å². The molecule has 2 heterocycles. The maximum atomic E-state index is 12.1. The molecule has 2 saturated heterocycles. The number of morpholine rings is 1. The molecule has 0 spiro atoms. The van der Waals surface area contributed by atoms with E-state index in [9.17, 15) is 4.79 Å². The van der Waals surface area contributed by atoms with Gasteiger partial charge in [-0.05, 0) is 33.2 Å². The van der Waals surface area contributed by atoms with Crippen molar-refractivity contribution in [1.82, 2.24) is 15.5 Å². The first-order valence-corrected chi connectivity index (χ1v) is 7.41. The predicted octanol–water partition coefficient (Wildman–Crippen LogP) is 0.213. The van der Waals surface area contributed by atoms with Gasteiger partial charge in [0.25, 0.3) is 0 Å². The monoisotopic (exact) mass is 269 g/mol. The molecule has 0 saturated carbocycles. The highest BCUT2D eigenvalue weighted by Gasteiger charge is 2.29. The van der Waals surface area contributed by atoms with Crippen LogP contribution in [0.5, 0.6) is 0 Å². The van der Waals surface area contributed by atoms with E-state index in [1.165, 1.54) is 0 Å². The van der Waals surface area contributed by atoms with Gasteiger partial charge in [-0.3, -0.25) is 9.69 Å². The van der Waals surface area contributed by atoms with Crippen molar-refractivity contribution in [3.05, 3.63) is 0 Å². The van der Waals surface area contributed by atoms with Gasteiger partial charge in [-0.15, -0.1) is 0 Å². The normalized spacial score (nSPS) is 26.1. The predicted molar refractivity (Wildman–Crippen MR) is 75.1 cm³/mol. The fraction of sp³-hybridized carbons (Fsp3) is 0.929. The third-order valence-electron chi connectivity index (χ3n) is 4.23. The molecule has 2 aliphatic heterocycles. The molecule has 0 aromatic heterocycles. The van der Waals surface area contributed by atoms with Gasteiger partial charge in [-0.1, -0.05) is 0 Å². The van der Waals surface area contributed by atoms with Crippen LogP contribution in [0, 0.1) is 5.92 Å². The van der Waals surface area contributed by atoms with Crippen molar-refractivity contribution < 1.29 is 9.53 Å². The van der Waals surface area contributed by atoms with Gasteiger partial charge in [0.1, 0.15) is 0 Å². The van der Waals surface area contributed by atoms with E-state index < -0.39 is 0 Å².